The lowest BCUT2D eigenvalue weighted by atomic mass is 10.2. The molecule has 3 rings (SSSR count). The summed E-state index contributed by atoms with van der Waals surface area (Å²) >= 11 is 2.76. The maximum atomic E-state index is 12.9. The molecule has 22 heavy (non-hydrogen) atoms. The Kier molecular flexibility index (Phi) is 4.17. The van der Waals surface area contributed by atoms with E-state index in [2.05, 4.69) is 9.71 Å². The Morgan fingerprint density at radius 2 is 1.86 bits per heavy atom. The Hall–Kier alpha value is -2.25. The summed E-state index contributed by atoms with van der Waals surface area (Å²) in [5.41, 5.74) is 1.35. The minimum absolute atomic E-state index is 0.00411. The van der Waals surface area contributed by atoms with Crippen molar-refractivity contribution < 1.29 is 14.6 Å². The molecule has 3 aromatic rings. The van der Waals surface area contributed by atoms with Gasteiger partial charge in [0.2, 0.25) is 0 Å². The van der Waals surface area contributed by atoms with Crippen molar-refractivity contribution in [3.05, 3.63) is 54.5 Å². The van der Waals surface area contributed by atoms with Gasteiger partial charge in [0.1, 0.15) is 26.5 Å². The molecule has 0 spiro atoms. The predicted octanol–water partition coefficient (Wildman–Crippen LogP) is 4.48. The fourth-order valence-electron chi connectivity index (χ4n) is 1.74. The fraction of sp³-hybridized carbons (Fsp3) is 0. The smallest absolute Gasteiger partial charge is 0.143 e. The summed E-state index contributed by atoms with van der Waals surface area (Å²) in [4.78, 5) is 4.30. The van der Waals surface area contributed by atoms with Crippen LogP contribution in [0.1, 0.15) is 0 Å². The molecule has 1 aromatic heterocycles. The van der Waals surface area contributed by atoms with Gasteiger partial charge in [0.15, 0.2) is 0 Å². The Bertz CT molecular complexity index is 790. The summed E-state index contributed by atoms with van der Waals surface area (Å²) in [5, 5.41) is 19.7. The normalized spacial score (nSPS) is 10.6. The van der Waals surface area contributed by atoms with E-state index in [0.29, 0.717) is 5.69 Å². The van der Waals surface area contributed by atoms with Gasteiger partial charge in [-0.3, -0.25) is 0 Å². The standard InChI is InChI=1S/C15H11FN2O2S2/c16-10-3-1-9(2-4-10)15-17-8-14(21-15)22-18-12-6-5-11(19)7-13(12)20/h1-8,18-20H. The van der Waals surface area contributed by atoms with Gasteiger partial charge in [-0.25, -0.2) is 9.37 Å². The van der Waals surface area contributed by atoms with Gasteiger partial charge in [-0.1, -0.05) is 0 Å². The van der Waals surface area contributed by atoms with Crippen LogP contribution in [0.4, 0.5) is 10.1 Å². The highest BCUT2D eigenvalue weighted by Gasteiger charge is 2.07. The van der Waals surface area contributed by atoms with E-state index in [4.69, 9.17) is 0 Å². The molecule has 7 heteroatoms. The van der Waals surface area contributed by atoms with Gasteiger partial charge in [0, 0.05) is 11.6 Å². The molecule has 0 radical (unpaired) electrons. The number of thiazole rings is 1. The molecular formula is C15H11FN2O2S2. The lowest BCUT2D eigenvalue weighted by molar-refractivity contribution is 0.452. The summed E-state index contributed by atoms with van der Waals surface area (Å²) in [6.07, 6.45) is 1.71. The van der Waals surface area contributed by atoms with Gasteiger partial charge >= 0.3 is 0 Å². The van der Waals surface area contributed by atoms with E-state index in [1.807, 2.05) is 0 Å². The number of phenolic OH excluding ortho intramolecular Hbond substituents is 2. The largest absolute Gasteiger partial charge is 0.508 e. The van der Waals surface area contributed by atoms with E-state index in [1.165, 1.54) is 47.6 Å². The number of halogens is 1. The van der Waals surface area contributed by atoms with E-state index >= 15 is 0 Å². The van der Waals surface area contributed by atoms with Crippen molar-refractivity contribution in [2.45, 2.75) is 4.21 Å². The zero-order valence-electron chi connectivity index (χ0n) is 11.2. The summed E-state index contributed by atoms with van der Waals surface area (Å²) in [6.45, 7) is 0. The third-order valence-corrected chi connectivity index (χ3v) is 4.79. The van der Waals surface area contributed by atoms with Crippen LogP contribution in [0, 0.1) is 5.82 Å². The van der Waals surface area contributed by atoms with Crippen LogP contribution in [0.15, 0.2) is 52.9 Å². The van der Waals surface area contributed by atoms with Crippen LogP contribution < -0.4 is 4.72 Å². The Labute approximate surface area is 134 Å². The van der Waals surface area contributed by atoms with Crippen molar-refractivity contribution in [2.75, 3.05) is 4.72 Å². The van der Waals surface area contributed by atoms with E-state index in [-0.39, 0.29) is 17.3 Å². The van der Waals surface area contributed by atoms with Crippen LogP contribution in [0.25, 0.3) is 10.6 Å². The maximum absolute atomic E-state index is 12.9. The van der Waals surface area contributed by atoms with Crippen molar-refractivity contribution in [1.82, 2.24) is 4.98 Å². The molecule has 4 nitrogen and oxygen atoms in total. The number of hydrogen-bond donors (Lipinski definition) is 3. The number of anilines is 1. The molecule has 0 aliphatic rings. The Morgan fingerprint density at radius 1 is 1.09 bits per heavy atom. The maximum Gasteiger partial charge on any atom is 0.143 e. The van der Waals surface area contributed by atoms with Crippen molar-refractivity contribution in [2.24, 2.45) is 0 Å². The lowest BCUT2D eigenvalue weighted by Crippen LogP contribution is -1.85. The first-order valence-corrected chi connectivity index (χ1v) is 7.92. The van der Waals surface area contributed by atoms with E-state index in [1.54, 1.807) is 24.4 Å². The zero-order valence-corrected chi connectivity index (χ0v) is 12.8. The molecule has 0 saturated carbocycles. The number of nitrogens with one attached hydrogen (secondary N) is 1. The first-order valence-electron chi connectivity index (χ1n) is 6.28. The average Bonchev–Trinajstić information content (AvgIpc) is 2.96. The Balaban J connectivity index is 1.70. The number of aromatic hydroxyl groups is 2. The molecule has 0 fully saturated rings. The first-order chi connectivity index (χ1) is 10.6. The highest BCUT2D eigenvalue weighted by Crippen LogP contribution is 2.35. The van der Waals surface area contributed by atoms with Crippen LogP contribution in [-0.2, 0) is 0 Å². The summed E-state index contributed by atoms with van der Waals surface area (Å²) in [5.74, 6) is -0.306. The second-order valence-electron chi connectivity index (χ2n) is 4.40. The molecule has 3 N–H and O–H groups in total. The molecule has 0 aliphatic heterocycles. The van der Waals surface area contributed by atoms with Crippen molar-refractivity contribution in [1.29, 1.82) is 0 Å². The van der Waals surface area contributed by atoms with Gasteiger partial charge in [-0.15, -0.1) is 11.3 Å². The van der Waals surface area contributed by atoms with Crippen molar-refractivity contribution in [3.8, 4) is 22.1 Å². The van der Waals surface area contributed by atoms with Crippen LogP contribution in [0.5, 0.6) is 11.5 Å². The second-order valence-corrected chi connectivity index (χ2v) is 6.53. The third-order valence-electron chi connectivity index (χ3n) is 2.82. The minimum Gasteiger partial charge on any atom is -0.508 e. The molecule has 0 amide bonds. The SMILES string of the molecule is Oc1ccc(NSc2cnc(-c3ccc(F)cc3)s2)c(O)c1. The summed E-state index contributed by atoms with van der Waals surface area (Å²) in [7, 11) is 0. The number of rotatable bonds is 4. The number of nitrogens with zero attached hydrogens (tertiary/aromatic N) is 1. The predicted molar refractivity (Wildman–Crippen MR) is 86.8 cm³/mol. The molecule has 0 saturated heterocycles. The van der Waals surface area contributed by atoms with Crippen LogP contribution in [0.3, 0.4) is 0 Å². The number of aromatic nitrogens is 1. The number of hydrogen-bond acceptors (Lipinski definition) is 6. The molecule has 2 aromatic carbocycles. The molecule has 1 heterocycles. The first kappa shape index (κ1) is 14.7. The minimum atomic E-state index is -0.278. The molecule has 0 atom stereocenters. The van der Waals surface area contributed by atoms with E-state index in [0.717, 1.165) is 14.8 Å². The third kappa shape index (κ3) is 3.32. The topological polar surface area (TPSA) is 65.4 Å². The van der Waals surface area contributed by atoms with Crippen LogP contribution in [0.2, 0.25) is 0 Å². The van der Waals surface area contributed by atoms with Crippen LogP contribution in [-0.4, -0.2) is 15.2 Å². The molecular weight excluding hydrogens is 323 g/mol. The second kappa shape index (κ2) is 6.25. The van der Waals surface area contributed by atoms with Crippen LogP contribution >= 0.6 is 23.3 Å². The lowest BCUT2D eigenvalue weighted by Gasteiger charge is -2.05. The molecule has 0 aliphatic carbocycles. The quantitative estimate of drug-likeness (QED) is 0.373. The van der Waals surface area contributed by atoms with E-state index < -0.39 is 0 Å². The molecule has 0 unspecified atom stereocenters. The summed E-state index contributed by atoms with van der Waals surface area (Å²) < 4.78 is 16.8. The highest BCUT2D eigenvalue weighted by molar-refractivity contribution is 8.02. The number of benzene rings is 2. The average molecular weight is 334 g/mol. The molecule has 0 bridgehead atoms. The van der Waals surface area contributed by atoms with E-state index in [9.17, 15) is 14.6 Å². The van der Waals surface area contributed by atoms with Crippen molar-refractivity contribution >= 4 is 29.0 Å². The van der Waals surface area contributed by atoms with Gasteiger partial charge in [0.05, 0.1) is 11.9 Å². The van der Waals surface area contributed by atoms with Gasteiger partial charge < -0.3 is 14.9 Å². The van der Waals surface area contributed by atoms with Crippen molar-refractivity contribution in [3.63, 3.8) is 0 Å². The number of phenols is 2. The highest BCUT2D eigenvalue weighted by atomic mass is 32.2. The zero-order chi connectivity index (χ0) is 15.5. The molecule has 112 valence electrons. The summed E-state index contributed by atoms with van der Waals surface area (Å²) in [6, 6.07) is 10.5. The van der Waals surface area contributed by atoms with Gasteiger partial charge in [0.25, 0.3) is 0 Å². The fourth-order valence-corrected chi connectivity index (χ4v) is 3.42. The monoisotopic (exact) mass is 334 g/mol. The van der Waals surface area contributed by atoms with Gasteiger partial charge in [-0.05, 0) is 48.3 Å². The van der Waals surface area contributed by atoms with Gasteiger partial charge in [-0.2, -0.15) is 0 Å². The Morgan fingerprint density at radius 3 is 2.59 bits per heavy atom.